The van der Waals surface area contributed by atoms with Crippen molar-refractivity contribution in [1.82, 2.24) is 10.6 Å². The number of halogens is 1. The highest BCUT2D eigenvalue weighted by Gasteiger charge is 2.24. The zero-order chi connectivity index (χ0) is 18.0. The maximum atomic E-state index is 10.6. The van der Waals surface area contributed by atoms with Gasteiger partial charge in [-0.05, 0) is 44.6 Å². The number of hydrogen-bond acceptors (Lipinski definition) is 5. The van der Waals surface area contributed by atoms with Crippen LogP contribution in [0.1, 0.15) is 38.0 Å². The lowest BCUT2D eigenvalue weighted by Gasteiger charge is -2.22. The first-order valence-electron chi connectivity index (χ1n) is 9.09. The van der Waals surface area contributed by atoms with Crippen LogP contribution in [0.5, 0.6) is 0 Å². The van der Waals surface area contributed by atoms with Gasteiger partial charge in [0.15, 0.2) is 5.96 Å². The number of nitrogens with one attached hydrogen (secondary N) is 2. The molecule has 2 rings (SSSR count). The third-order valence-corrected chi connectivity index (χ3v) is 5.20. The number of thiophene rings is 1. The predicted molar refractivity (Wildman–Crippen MR) is 118 cm³/mol. The predicted octanol–water partition coefficient (Wildman–Crippen LogP) is 2.71. The van der Waals surface area contributed by atoms with Crippen LogP contribution in [0.3, 0.4) is 0 Å². The van der Waals surface area contributed by atoms with Crippen LogP contribution in [0, 0.1) is 0 Å². The van der Waals surface area contributed by atoms with Crippen molar-refractivity contribution in [3.05, 3.63) is 22.4 Å². The standard InChI is InChI=1S/C18H31N3O3S.HI/c1-3-19-17(21-14-18(2,22)16-6-4-13-25-16)20-9-5-10-24-15-7-11-23-12-8-15;/h4,6,13,15,22H,3,5,7-12,14H2,1-2H3,(H2,19,20,21);1H. The van der Waals surface area contributed by atoms with E-state index in [0.717, 1.165) is 63.0 Å². The molecule has 1 unspecified atom stereocenters. The highest BCUT2D eigenvalue weighted by atomic mass is 127. The van der Waals surface area contributed by atoms with E-state index in [0.29, 0.717) is 12.6 Å². The molecule has 1 aromatic heterocycles. The fraction of sp³-hybridized carbons (Fsp3) is 0.722. The largest absolute Gasteiger partial charge is 0.383 e. The van der Waals surface area contributed by atoms with Gasteiger partial charge in [-0.25, -0.2) is 4.99 Å². The number of rotatable bonds is 9. The molecule has 6 nitrogen and oxygen atoms in total. The van der Waals surface area contributed by atoms with Gasteiger partial charge in [-0.3, -0.25) is 0 Å². The van der Waals surface area contributed by atoms with Crippen molar-refractivity contribution < 1.29 is 14.6 Å². The van der Waals surface area contributed by atoms with Crippen LogP contribution in [-0.2, 0) is 15.1 Å². The second-order valence-corrected chi connectivity index (χ2v) is 7.36. The van der Waals surface area contributed by atoms with E-state index in [1.807, 2.05) is 24.4 Å². The lowest BCUT2D eigenvalue weighted by molar-refractivity contribution is -0.0320. The molecule has 1 fully saturated rings. The molecule has 3 N–H and O–H groups in total. The third-order valence-electron chi connectivity index (χ3n) is 4.08. The van der Waals surface area contributed by atoms with Crippen LogP contribution in [-0.4, -0.2) is 56.6 Å². The average molecular weight is 497 g/mol. The average Bonchev–Trinajstić information content (AvgIpc) is 3.16. The highest BCUT2D eigenvalue weighted by molar-refractivity contribution is 14.0. The fourth-order valence-corrected chi connectivity index (χ4v) is 3.39. The first-order chi connectivity index (χ1) is 12.1. The second kappa shape index (κ2) is 12.9. The summed E-state index contributed by atoms with van der Waals surface area (Å²) in [4.78, 5) is 5.45. The summed E-state index contributed by atoms with van der Waals surface area (Å²) in [7, 11) is 0. The van der Waals surface area contributed by atoms with Gasteiger partial charge < -0.3 is 25.2 Å². The Bertz CT molecular complexity index is 506. The van der Waals surface area contributed by atoms with Crippen molar-refractivity contribution in [2.24, 2.45) is 4.99 Å². The lowest BCUT2D eigenvalue weighted by atomic mass is 10.1. The minimum atomic E-state index is -0.942. The summed E-state index contributed by atoms with van der Waals surface area (Å²) in [6, 6.07) is 3.88. The van der Waals surface area contributed by atoms with E-state index in [1.54, 1.807) is 18.3 Å². The van der Waals surface area contributed by atoms with Crippen molar-refractivity contribution in [2.75, 3.05) is 39.5 Å². The van der Waals surface area contributed by atoms with Gasteiger partial charge in [0.05, 0.1) is 12.6 Å². The first-order valence-corrected chi connectivity index (χ1v) is 9.97. The molecular formula is C18H32IN3O3S. The summed E-state index contributed by atoms with van der Waals surface area (Å²) in [6.45, 7) is 8.08. The molecule has 1 aromatic rings. The fourth-order valence-electron chi connectivity index (χ4n) is 2.61. The van der Waals surface area contributed by atoms with Crippen molar-refractivity contribution in [1.29, 1.82) is 0 Å². The van der Waals surface area contributed by atoms with Crippen molar-refractivity contribution in [3.63, 3.8) is 0 Å². The normalized spacial score (nSPS) is 18.0. The van der Waals surface area contributed by atoms with Gasteiger partial charge in [0.1, 0.15) is 5.60 Å². The number of hydrogen-bond donors (Lipinski definition) is 3. The first kappa shape index (κ1) is 23.6. The van der Waals surface area contributed by atoms with Crippen molar-refractivity contribution >= 4 is 41.3 Å². The third kappa shape index (κ3) is 8.51. The van der Waals surface area contributed by atoms with Crippen LogP contribution in [0.25, 0.3) is 0 Å². The van der Waals surface area contributed by atoms with Crippen LogP contribution >= 0.6 is 35.3 Å². The lowest BCUT2D eigenvalue weighted by Crippen LogP contribution is -2.39. The molecule has 0 radical (unpaired) electrons. The molecule has 8 heteroatoms. The molecule has 1 saturated heterocycles. The van der Waals surface area contributed by atoms with Crippen LogP contribution in [0.15, 0.2) is 22.5 Å². The van der Waals surface area contributed by atoms with E-state index < -0.39 is 5.60 Å². The van der Waals surface area contributed by atoms with Gasteiger partial charge in [-0.2, -0.15) is 0 Å². The molecule has 2 heterocycles. The molecule has 0 aliphatic carbocycles. The Balaban J connectivity index is 0.00000338. The summed E-state index contributed by atoms with van der Waals surface area (Å²) in [5.74, 6) is 0.727. The molecular weight excluding hydrogens is 465 g/mol. The Kier molecular flexibility index (Phi) is 11.7. The van der Waals surface area contributed by atoms with Crippen LogP contribution in [0.2, 0.25) is 0 Å². The SMILES string of the molecule is CCNC(=NCC(C)(O)c1cccs1)NCCCOC1CCOCC1.I. The summed E-state index contributed by atoms with van der Waals surface area (Å²) in [5, 5.41) is 19.0. The molecule has 0 bridgehead atoms. The molecule has 0 spiro atoms. The van der Waals surface area contributed by atoms with Gasteiger partial charge in [0.2, 0.25) is 0 Å². The smallest absolute Gasteiger partial charge is 0.191 e. The van der Waals surface area contributed by atoms with E-state index in [9.17, 15) is 5.11 Å². The molecule has 0 saturated carbocycles. The summed E-state index contributed by atoms with van der Waals surface area (Å²) in [6.07, 6.45) is 3.25. The number of ether oxygens (including phenoxy) is 2. The van der Waals surface area contributed by atoms with Crippen molar-refractivity contribution in [2.45, 2.75) is 44.8 Å². The van der Waals surface area contributed by atoms with Crippen LogP contribution < -0.4 is 10.6 Å². The minimum Gasteiger partial charge on any atom is -0.383 e. The van der Waals surface area contributed by atoms with Gasteiger partial charge in [0.25, 0.3) is 0 Å². The number of aliphatic imine (C=N–C) groups is 1. The Labute approximate surface area is 177 Å². The zero-order valence-corrected chi connectivity index (χ0v) is 18.8. The van der Waals surface area contributed by atoms with Gasteiger partial charge in [-0.1, -0.05) is 6.07 Å². The van der Waals surface area contributed by atoms with E-state index in [-0.39, 0.29) is 24.0 Å². The number of nitrogens with zero attached hydrogens (tertiary/aromatic N) is 1. The number of guanidine groups is 1. The molecule has 1 aliphatic rings. The quantitative estimate of drug-likeness (QED) is 0.212. The van der Waals surface area contributed by atoms with Crippen molar-refractivity contribution in [3.8, 4) is 0 Å². The van der Waals surface area contributed by atoms with E-state index in [2.05, 4.69) is 15.6 Å². The van der Waals surface area contributed by atoms with E-state index in [1.165, 1.54) is 0 Å². The Morgan fingerprint density at radius 1 is 1.42 bits per heavy atom. The maximum absolute atomic E-state index is 10.6. The zero-order valence-electron chi connectivity index (χ0n) is 15.7. The van der Waals surface area contributed by atoms with Crippen LogP contribution in [0.4, 0.5) is 0 Å². The molecule has 150 valence electrons. The van der Waals surface area contributed by atoms with Gasteiger partial charge in [-0.15, -0.1) is 35.3 Å². The summed E-state index contributed by atoms with van der Waals surface area (Å²) < 4.78 is 11.2. The summed E-state index contributed by atoms with van der Waals surface area (Å²) >= 11 is 1.55. The molecule has 0 amide bonds. The van der Waals surface area contributed by atoms with E-state index >= 15 is 0 Å². The topological polar surface area (TPSA) is 75.1 Å². The molecule has 1 atom stereocenters. The van der Waals surface area contributed by atoms with E-state index in [4.69, 9.17) is 9.47 Å². The Morgan fingerprint density at radius 3 is 2.85 bits per heavy atom. The molecule has 1 aliphatic heterocycles. The van der Waals surface area contributed by atoms with Gasteiger partial charge >= 0.3 is 0 Å². The number of aliphatic hydroxyl groups is 1. The maximum Gasteiger partial charge on any atom is 0.191 e. The Hall–Kier alpha value is -0.420. The van der Waals surface area contributed by atoms with Gasteiger partial charge in [0, 0.05) is 37.8 Å². The second-order valence-electron chi connectivity index (χ2n) is 6.41. The minimum absolute atomic E-state index is 0. The highest BCUT2D eigenvalue weighted by Crippen LogP contribution is 2.25. The monoisotopic (exact) mass is 497 g/mol. The molecule has 0 aromatic carbocycles. The summed E-state index contributed by atoms with van der Waals surface area (Å²) in [5.41, 5.74) is -0.942. The Morgan fingerprint density at radius 2 is 2.19 bits per heavy atom. The molecule has 26 heavy (non-hydrogen) atoms.